The molecule has 1 unspecified atom stereocenters. The SMILES string of the molecule is C[C@H](NC(C(=O)O)c1ccccc1)c1ccccc1Br. The van der Waals surface area contributed by atoms with Gasteiger partial charge in [0, 0.05) is 10.5 Å². The number of rotatable bonds is 5. The molecule has 0 radical (unpaired) electrons. The lowest BCUT2D eigenvalue weighted by atomic mass is 10.0. The Morgan fingerprint density at radius 2 is 1.70 bits per heavy atom. The first kappa shape index (κ1) is 14.8. The van der Waals surface area contributed by atoms with Crippen LogP contribution in [0.5, 0.6) is 0 Å². The maximum atomic E-state index is 11.5. The minimum atomic E-state index is -0.880. The van der Waals surface area contributed by atoms with Crippen LogP contribution in [0.2, 0.25) is 0 Å². The normalized spacial score (nSPS) is 13.7. The molecule has 0 amide bonds. The van der Waals surface area contributed by atoms with Gasteiger partial charge in [-0.2, -0.15) is 0 Å². The van der Waals surface area contributed by atoms with Crippen LogP contribution in [0.25, 0.3) is 0 Å². The third-order valence-electron chi connectivity index (χ3n) is 3.17. The molecular formula is C16H16BrNO2. The molecule has 20 heavy (non-hydrogen) atoms. The van der Waals surface area contributed by atoms with Crippen LogP contribution in [0.1, 0.15) is 30.1 Å². The van der Waals surface area contributed by atoms with Crippen molar-refractivity contribution in [1.82, 2.24) is 5.32 Å². The summed E-state index contributed by atoms with van der Waals surface area (Å²) in [5.74, 6) is -0.880. The lowest BCUT2D eigenvalue weighted by molar-refractivity contribution is -0.139. The summed E-state index contributed by atoms with van der Waals surface area (Å²) in [5, 5.41) is 12.6. The summed E-state index contributed by atoms with van der Waals surface area (Å²) in [7, 11) is 0. The second-order valence-electron chi connectivity index (χ2n) is 4.59. The van der Waals surface area contributed by atoms with Crippen molar-refractivity contribution in [2.45, 2.75) is 19.0 Å². The molecule has 2 aromatic carbocycles. The fraction of sp³-hybridized carbons (Fsp3) is 0.188. The molecule has 0 aliphatic heterocycles. The standard InChI is InChI=1S/C16H16BrNO2/c1-11(13-9-5-6-10-14(13)17)18-15(16(19)20)12-7-3-2-4-8-12/h2-11,15,18H,1H3,(H,19,20)/t11-,15?/m0/s1. The van der Waals surface area contributed by atoms with Gasteiger partial charge in [0.25, 0.3) is 0 Å². The monoisotopic (exact) mass is 333 g/mol. The van der Waals surface area contributed by atoms with Gasteiger partial charge in [-0.25, -0.2) is 0 Å². The molecule has 2 N–H and O–H groups in total. The first-order valence-electron chi connectivity index (χ1n) is 6.38. The third-order valence-corrected chi connectivity index (χ3v) is 3.89. The second-order valence-corrected chi connectivity index (χ2v) is 5.45. The Kier molecular flexibility index (Phi) is 4.93. The van der Waals surface area contributed by atoms with E-state index in [0.717, 1.165) is 15.6 Å². The first-order valence-corrected chi connectivity index (χ1v) is 7.17. The first-order chi connectivity index (χ1) is 9.59. The molecule has 3 nitrogen and oxygen atoms in total. The Morgan fingerprint density at radius 1 is 1.10 bits per heavy atom. The van der Waals surface area contributed by atoms with Crippen LogP contribution in [0.15, 0.2) is 59.1 Å². The van der Waals surface area contributed by atoms with Gasteiger partial charge in [0.15, 0.2) is 0 Å². The number of carboxylic acids is 1. The highest BCUT2D eigenvalue weighted by atomic mass is 79.9. The molecule has 0 aromatic heterocycles. The zero-order chi connectivity index (χ0) is 14.5. The zero-order valence-corrected chi connectivity index (χ0v) is 12.7. The molecular weight excluding hydrogens is 318 g/mol. The van der Waals surface area contributed by atoms with Crippen molar-refractivity contribution in [2.24, 2.45) is 0 Å². The molecule has 0 bridgehead atoms. The highest BCUT2D eigenvalue weighted by molar-refractivity contribution is 9.10. The number of benzene rings is 2. The Balaban J connectivity index is 2.21. The van der Waals surface area contributed by atoms with Gasteiger partial charge >= 0.3 is 5.97 Å². The average Bonchev–Trinajstić information content (AvgIpc) is 2.45. The topological polar surface area (TPSA) is 49.3 Å². The van der Waals surface area contributed by atoms with Crippen LogP contribution in [-0.2, 0) is 4.79 Å². The number of hydrogen-bond donors (Lipinski definition) is 2. The summed E-state index contributed by atoms with van der Waals surface area (Å²) in [6.45, 7) is 1.96. The van der Waals surface area contributed by atoms with E-state index in [4.69, 9.17) is 0 Å². The minimum Gasteiger partial charge on any atom is -0.480 e. The van der Waals surface area contributed by atoms with Gasteiger partial charge in [-0.3, -0.25) is 10.1 Å². The number of nitrogens with one attached hydrogen (secondary N) is 1. The predicted molar refractivity (Wildman–Crippen MR) is 82.5 cm³/mol. The van der Waals surface area contributed by atoms with Crippen molar-refractivity contribution in [1.29, 1.82) is 0 Å². The van der Waals surface area contributed by atoms with Gasteiger partial charge in [0.2, 0.25) is 0 Å². The van der Waals surface area contributed by atoms with Crippen LogP contribution < -0.4 is 5.32 Å². The van der Waals surface area contributed by atoms with Gasteiger partial charge < -0.3 is 5.11 Å². The van der Waals surface area contributed by atoms with E-state index in [1.54, 1.807) is 0 Å². The molecule has 2 aromatic rings. The Hall–Kier alpha value is -1.65. The molecule has 0 spiro atoms. The van der Waals surface area contributed by atoms with E-state index in [9.17, 15) is 9.90 Å². The molecule has 0 saturated carbocycles. The van der Waals surface area contributed by atoms with Gasteiger partial charge in [-0.1, -0.05) is 64.5 Å². The summed E-state index contributed by atoms with van der Waals surface area (Å²) in [6, 6.07) is 16.2. The van der Waals surface area contributed by atoms with Crippen LogP contribution in [0.3, 0.4) is 0 Å². The Morgan fingerprint density at radius 3 is 2.30 bits per heavy atom. The third kappa shape index (κ3) is 3.46. The van der Waals surface area contributed by atoms with Crippen molar-refractivity contribution < 1.29 is 9.90 Å². The minimum absolute atomic E-state index is 0.0770. The molecule has 0 aliphatic rings. The number of carbonyl (C=O) groups is 1. The van der Waals surface area contributed by atoms with E-state index in [1.165, 1.54) is 0 Å². The summed E-state index contributed by atoms with van der Waals surface area (Å²) in [4.78, 5) is 11.5. The van der Waals surface area contributed by atoms with Gasteiger partial charge in [-0.15, -0.1) is 0 Å². The van der Waals surface area contributed by atoms with E-state index >= 15 is 0 Å². The molecule has 0 saturated heterocycles. The van der Waals surface area contributed by atoms with E-state index in [-0.39, 0.29) is 6.04 Å². The second kappa shape index (κ2) is 6.68. The molecule has 104 valence electrons. The zero-order valence-electron chi connectivity index (χ0n) is 11.1. The average molecular weight is 334 g/mol. The van der Waals surface area contributed by atoms with Crippen LogP contribution in [-0.4, -0.2) is 11.1 Å². The molecule has 0 heterocycles. The number of hydrogen-bond acceptors (Lipinski definition) is 2. The quantitative estimate of drug-likeness (QED) is 0.871. The van der Waals surface area contributed by atoms with Crippen LogP contribution in [0, 0.1) is 0 Å². The lowest BCUT2D eigenvalue weighted by Crippen LogP contribution is -2.30. The fourth-order valence-electron chi connectivity index (χ4n) is 2.12. The lowest BCUT2D eigenvalue weighted by Gasteiger charge is -2.21. The maximum absolute atomic E-state index is 11.5. The van der Waals surface area contributed by atoms with Crippen LogP contribution >= 0.6 is 15.9 Å². The van der Waals surface area contributed by atoms with Gasteiger partial charge in [-0.05, 0) is 24.1 Å². The van der Waals surface area contributed by atoms with E-state index in [1.807, 2.05) is 61.5 Å². The van der Waals surface area contributed by atoms with Gasteiger partial charge in [0.05, 0.1) is 0 Å². The molecule has 0 fully saturated rings. The summed E-state index contributed by atoms with van der Waals surface area (Å²) >= 11 is 3.49. The summed E-state index contributed by atoms with van der Waals surface area (Å²) in [6.07, 6.45) is 0. The molecule has 2 rings (SSSR count). The largest absolute Gasteiger partial charge is 0.480 e. The van der Waals surface area contributed by atoms with Crippen molar-refractivity contribution in [3.8, 4) is 0 Å². The van der Waals surface area contributed by atoms with Crippen molar-refractivity contribution in [3.63, 3.8) is 0 Å². The Bertz CT molecular complexity index is 586. The smallest absolute Gasteiger partial charge is 0.325 e. The van der Waals surface area contributed by atoms with Crippen molar-refractivity contribution >= 4 is 21.9 Å². The van der Waals surface area contributed by atoms with E-state index in [0.29, 0.717) is 0 Å². The fourth-order valence-corrected chi connectivity index (χ4v) is 2.75. The van der Waals surface area contributed by atoms with Crippen molar-refractivity contribution in [3.05, 3.63) is 70.2 Å². The maximum Gasteiger partial charge on any atom is 0.325 e. The van der Waals surface area contributed by atoms with Gasteiger partial charge in [0.1, 0.15) is 6.04 Å². The predicted octanol–water partition coefficient (Wildman–Crippen LogP) is 3.93. The van der Waals surface area contributed by atoms with E-state index in [2.05, 4.69) is 21.2 Å². The summed E-state index contributed by atoms with van der Waals surface area (Å²) in [5.41, 5.74) is 1.79. The number of carboxylic acid groups (broad SMARTS) is 1. The molecule has 0 aliphatic carbocycles. The summed E-state index contributed by atoms with van der Waals surface area (Å²) < 4.78 is 0.970. The molecule has 2 atom stereocenters. The molecule has 4 heteroatoms. The van der Waals surface area contributed by atoms with Crippen molar-refractivity contribution in [2.75, 3.05) is 0 Å². The Labute approximate surface area is 126 Å². The number of aliphatic carboxylic acids is 1. The van der Waals surface area contributed by atoms with Crippen LogP contribution in [0.4, 0.5) is 0 Å². The number of halogens is 1. The highest BCUT2D eigenvalue weighted by Crippen LogP contribution is 2.25. The van der Waals surface area contributed by atoms with E-state index < -0.39 is 12.0 Å². The highest BCUT2D eigenvalue weighted by Gasteiger charge is 2.22.